The van der Waals surface area contributed by atoms with Crippen molar-refractivity contribution in [3.05, 3.63) is 70.4 Å². The number of hydrogen-bond donors (Lipinski definition) is 1. The Balaban J connectivity index is 1.62. The molecule has 33 heavy (non-hydrogen) atoms. The van der Waals surface area contributed by atoms with Gasteiger partial charge in [0.25, 0.3) is 5.91 Å². The number of benzene rings is 2. The summed E-state index contributed by atoms with van der Waals surface area (Å²) in [5.74, 6) is -0.819. The van der Waals surface area contributed by atoms with Gasteiger partial charge in [-0.15, -0.1) is 0 Å². The number of para-hydroxylation sites is 2. The monoisotopic (exact) mass is 445 g/mol. The number of pyridine rings is 1. The molecule has 6 heteroatoms. The normalized spacial score (nSPS) is 14.5. The molecule has 0 saturated carbocycles. The predicted octanol–water partition coefficient (Wildman–Crippen LogP) is 4.67. The van der Waals surface area contributed by atoms with Crippen LogP contribution in [0.4, 0.5) is 5.69 Å². The van der Waals surface area contributed by atoms with E-state index in [1.165, 1.54) is 0 Å². The standard InChI is InChI=1S/C27H31N3O3/c1-5-19-11-9-10-17(3)25(19)29-26(31)18(4)33-27(32)24-20-12-7-8-13-22(20)28-23-14-15-30(6-2)16-21(23)24/h7-13,18H,5-6,14-16H2,1-4H3,(H,29,31). The maximum absolute atomic E-state index is 13.4. The van der Waals surface area contributed by atoms with Crippen molar-refractivity contribution in [3.63, 3.8) is 0 Å². The molecule has 1 aromatic heterocycles. The lowest BCUT2D eigenvalue weighted by Gasteiger charge is -2.29. The Hall–Kier alpha value is -3.25. The fourth-order valence-electron chi connectivity index (χ4n) is 4.45. The summed E-state index contributed by atoms with van der Waals surface area (Å²) < 4.78 is 5.73. The molecule has 0 bridgehead atoms. The second-order valence-corrected chi connectivity index (χ2v) is 8.55. The lowest BCUT2D eigenvalue weighted by atomic mass is 9.95. The highest BCUT2D eigenvalue weighted by atomic mass is 16.5. The zero-order valence-electron chi connectivity index (χ0n) is 19.8. The highest BCUT2D eigenvalue weighted by Gasteiger charge is 2.28. The van der Waals surface area contributed by atoms with Crippen molar-refractivity contribution in [2.24, 2.45) is 0 Å². The summed E-state index contributed by atoms with van der Waals surface area (Å²) in [6.07, 6.45) is 0.654. The van der Waals surface area contributed by atoms with Crippen LogP contribution in [-0.4, -0.2) is 41.0 Å². The van der Waals surface area contributed by atoms with E-state index in [0.717, 1.165) is 64.9 Å². The molecule has 4 rings (SSSR count). The second kappa shape index (κ2) is 9.71. The molecule has 172 valence electrons. The van der Waals surface area contributed by atoms with Crippen molar-refractivity contribution in [3.8, 4) is 0 Å². The molecule has 3 aromatic rings. The van der Waals surface area contributed by atoms with Crippen molar-refractivity contribution < 1.29 is 14.3 Å². The molecule has 6 nitrogen and oxygen atoms in total. The maximum atomic E-state index is 13.4. The highest BCUT2D eigenvalue weighted by Crippen LogP contribution is 2.29. The maximum Gasteiger partial charge on any atom is 0.339 e. The topological polar surface area (TPSA) is 71.5 Å². The largest absolute Gasteiger partial charge is 0.449 e. The Morgan fingerprint density at radius 3 is 2.70 bits per heavy atom. The summed E-state index contributed by atoms with van der Waals surface area (Å²) >= 11 is 0. The van der Waals surface area contributed by atoms with Crippen LogP contribution in [0.1, 0.15) is 53.5 Å². The first kappa shape index (κ1) is 22.9. The number of fused-ring (bicyclic) bond motifs is 2. The molecule has 0 saturated heterocycles. The van der Waals surface area contributed by atoms with E-state index in [1.807, 2.05) is 56.3 Å². The zero-order valence-corrected chi connectivity index (χ0v) is 19.8. The Kier molecular flexibility index (Phi) is 6.75. The van der Waals surface area contributed by atoms with Gasteiger partial charge in [0.05, 0.1) is 11.1 Å². The molecule has 1 unspecified atom stereocenters. The van der Waals surface area contributed by atoms with Crippen LogP contribution in [0, 0.1) is 6.92 Å². The van der Waals surface area contributed by atoms with Crippen LogP contribution in [0.15, 0.2) is 42.5 Å². The van der Waals surface area contributed by atoms with Gasteiger partial charge in [-0.2, -0.15) is 0 Å². The van der Waals surface area contributed by atoms with Crippen molar-refractivity contribution in [2.45, 2.75) is 53.2 Å². The third-order valence-electron chi connectivity index (χ3n) is 6.42. The van der Waals surface area contributed by atoms with Gasteiger partial charge in [-0.3, -0.25) is 14.7 Å². The quantitative estimate of drug-likeness (QED) is 0.559. The third kappa shape index (κ3) is 4.62. The third-order valence-corrected chi connectivity index (χ3v) is 6.42. The summed E-state index contributed by atoms with van der Waals surface area (Å²) in [6.45, 7) is 10.2. The molecule has 1 amide bonds. The molecule has 0 spiro atoms. The molecule has 1 aliphatic heterocycles. The summed E-state index contributed by atoms with van der Waals surface area (Å²) in [5.41, 5.74) is 5.97. The van der Waals surface area contributed by atoms with Crippen molar-refractivity contribution in [1.82, 2.24) is 9.88 Å². The summed E-state index contributed by atoms with van der Waals surface area (Å²) in [4.78, 5) is 33.5. The number of esters is 1. The number of aromatic nitrogens is 1. The number of nitrogens with one attached hydrogen (secondary N) is 1. The number of rotatable bonds is 6. The Morgan fingerprint density at radius 2 is 1.94 bits per heavy atom. The zero-order chi connectivity index (χ0) is 23.5. The van der Waals surface area contributed by atoms with E-state index in [9.17, 15) is 9.59 Å². The number of anilines is 1. The Bertz CT molecular complexity index is 1200. The summed E-state index contributed by atoms with van der Waals surface area (Å²) in [6, 6.07) is 13.6. The van der Waals surface area contributed by atoms with E-state index in [-0.39, 0.29) is 5.91 Å². The van der Waals surface area contributed by atoms with E-state index in [1.54, 1.807) is 6.92 Å². The molecular formula is C27H31N3O3. The van der Waals surface area contributed by atoms with Crippen LogP contribution in [0.25, 0.3) is 10.9 Å². The second-order valence-electron chi connectivity index (χ2n) is 8.55. The molecule has 2 aromatic carbocycles. The van der Waals surface area contributed by atoms with Gasteiger partial charge in [0, 0.05) is 41.8 Å². The van der Waals surface area contributed by atoms with Crippen molar-refractivity contribution >= 4 is 28.5 Å². The van der Waals surface area contributed by atoms with Gasteiger partial charge in [0.2, 0.25) is 0 Å². The highest BCUT2D eigenvalue weighted by molar-refractivity contribution is 6.06. The minimum atomic E-state index is -0.935. The van der Waals surface area contributed by atoms with E-state index in [0.29, 0.717) is 12.1 Å². The SMILES string of the molecule is CCc1cccc(C)c1NC(=O)C(C)OC(=O)c1c2c(nc3ccccc13)CCN(CC)C2. The number of likely N-dealkylation sites (N-methyl/N-ethyl adjacent to an activating group) is 1. The van der Waals surface area contributed by atoms with Crippen LogP contribution >= 0.6 is 0 Å². The van der Waals surface area contributed by atoms with E-state index in [2.05, 4.69) is 17.1 Å². The fourth-order valence-corrected chi connectivity index (χ4v) is 4.45. The molecule has 1 N–H and O–H groups in total. The van der Waals surface area contributed by atoms with E-state index in [4.69, 9.17) is 9.72 Å². The number of aryl methyl sites for hydroxylation is 2. The lowest BCUT2D eigenvalue weighted by Crippen LogP contribution is -2.34. The number of amides is 1. The predicted molar refractivity (Wildman–Crippen MR) is 130 cm³/mol. The van der Waals surface area contributed by atoms with Crippen LogP contribution < -0.4 is 5.32 Å². The molecule has 1 aliphatic rings. The van der Waals surface area contributed by atoms with Crippen molar-refractivity contribution in [1.29, 1.82) is 0 Å². The number of carbonyl (C=O) groups excluding carboxylic acids is 2. The van der Waals surface area contributed by atoms with Crippen LogP contribution in [-0.2, 0) is 28.9 Å². The molecule has 0 aliphatic carbocycles. The van der Waals surface area contributed by atoms with Gasteiger partial charge in [-0.25, -0.2) is 4.79 Å². The first-order chi connectivity index (χ1) is 15.9. The van der Waals surface area contributed by atoms with Crippen LogP contribution in [0.3, 0.4) is 0 Å². The Morgan fingerprint density at radius 1 is 1.15 bits per heavy atom. The van der Waals surface area contributed by atoms with E-state index < -0.39 is 12.1 Å². The molecule has 2 heterocycles. The molecule has 0 radical (unpaired) electrons. The van der Waals surface area contributed by atoms with E-state index >= 15 is 0 Å². The smallest absolute Gasteiger partial charge is 0.339 e. The fraction of sp³-hybridized carbons (Fsp3) is 0.370. The van der Waals surface area contributed by atoms with Gasteiger partial charge in [-0.05, 0) is 44.0 Å². The van der Waals surface area contributed by atoms with Gasteiger partial charge in [-0.1, -0.05) is 50.2 Å². The van der Waals surface area contributed by atoms with Gasteiger partial charge >= 0.3 is 5.97 Å². The van der Waals surface area contributed by atoms with Gasteiger partial charge in [0.1, 0.15) is 0 Å². The van der Waals surface area contributed by atoms with Crippen molar-refractivity contribution in [2.75, 3.05) is 18.4 Å². The number of nitrogens with zero attached hydrogens (tertiary/aromatic N) is 2. The first-order valence-corrected chi connectivity index (χ1v) is 11.7. The van der Waals surface area contributed by atoms with Gasteiger partial charge in [0.15, 0.2) is 6.10 Å². The summed E-state index contributed by atoms with van der Waals surface area (Å²) in [5, 5.41) is 3.73. The minimum Gasteiger partial charge on any atom is -0.449 e. The molecule has 1 atom stereocenters. The molecular weight excluding hydrogens is 414 g/mol. The van der Waals surface area contributed by atoms with Crippen LogP contribution in [0.5, 0.6) is 0 Å². The molecule has 0 fully saturated rings. The number of carbonyl (C=O) groups is 2. The summed E-state index contributed by atoms with van der Waals surface area (Å²) in [7, 11) is 0. The minimum absolute atomic E-state index is 0.338. The first-order valence-electron chi connectivity index (χ1n) is 11.7. The van der Waals surface area contributed by atoms with Gasteiger partial charge < -0.3 is 10.1 Å². The number of hydrogen-bond acceptors (Lipinski definition) is 5. The average Bonchev–Trinajstić information content (AvgIpc) is 2.83. The Labute approximate surface area is 195 Å². The van der Waals surface area contributed by atoms with Crippen LogP contribution in [0.2, 0.25) is 0 Å². The average molecular weight is 446 g/mol. The number of ether oxygens (including phenoxy) is 1. The lowest BCUT2D eigenvalue weighted by molar-refractivity contribution is -0.123.